The van der Waals surface area contributed by atoms with Gasteiger partial charge in [0.1, 0.15) is 0 Å². The first-order valence-electron chi connectivity index (χ1n) is 4.33. The molecular weight excluding hydrogens is 180 g/mol. The number of benzene rings is 1. The van der Waals surface area contributed by atoms with Crippen molar-refractivity contribution in [2.24, 2.45) is 5.73 Å². The Kier molecular flexibility index (Phi) is 3.75. The maximum absolute atomic E-state index is 11.2. The molecule has 1 rings (SSSR count). The van der Waals surface area contributed by atoms with E-state index in [1.165, 1.54) is 0 Å². The van der Waals surface area contributed by atoms with Crippen LogP contribution in [0.2, 0.25) is 0 Å². The van der Waals surface area contributed by atoms with Crippen LogP contribution in [0.15, 0.2) is 24.3 Å². The number of nitrogen functional groups attached to an aromatic ring is 1. The molecule has 0 aromatic heterocycles. The van der Waals surface area contributed by atoms with Crippen molar-refractivity contribution in [2.45, 2.75) is 0 Å². The molecule has 0 radical (unpaired) electrons. The summed E-state index contributed by atoms with van der Waals surface area (Å²) < 4.78 is 0. The van der Waals surface area contributed by atoms with E-state index < -0.39 is 0 Å². The summed E-state index contributed by atoms with van der Waals surface area (Å²) in [5.41, 5.74) is 12.1. The summed E-state index contributed by atoms with van der Waals surface area (Å²) in [5, 5.41) is 5.22. The lowest BCUT2D eigenvalue weighted by Crippen LogP contribution is -2.32. The summed E-state index contributed by atoms with van der Waals surface area (Å²) in [6.45, 7) is 0.874. The summed E-state index contributed by atoms with van der Waals surface area (Å²) in [4.78, 5) is 11.2. The van der Waals surface area contributed by atoms with Gasteiger partial charge in [0.2, 0.25) is 0 Å². The van der Waals surface area contributed by atoms with Crippen molar-refractivity contribution in [3.05, 3.63) is 24.3 Å². The van der Waals surface area contributed by atoms with Crippen molar-refractivity contribution in [2.75, 3.05) is 24.1 Å². The average molecular weight is 194 g/mol. The van der Waals surface area contributed by atoms with Gasteiger partial charge in [0.25, 0.3) is 0 Å². The van der Waals surface area contributed by atoms with E-state index in [2.05, 4.69) is 10.6 Å². The van der Waals surface area contributed by atoms with Crippen LogP contribution in [0.25, 0.3) is 0 Å². The molecule has 0 unspecified atom stereocenters. The number of amides is 2. The van der Waals surface area contributed by atoms with Gasteiger partial charge in [-0.15, -0.1) is 0 Å². The summed E-state index contributed by atoms with van der Waals surface area (Å²) in [6.07, 6.45) is 0. The number of carbonyl (C=O) groups is 1. The van der Waals surface area contributed by atoms with E-state index in [0.29, 0.717) is 24.5 Å². The Morgan fingerprint density at radius 2 is 2.21 bits per heavy atom. The summed E-state index contributed by atoms with van der Waals surface area (Å²) in [7, 11) is 0. The van der Waals surface area contributed by atoms with Crippen LogP contribution in [0.1, 0.15) is 0 Å². The Balaban J connectivity index is 2.47. The third kappa shape index (κ3) is 3.32. The molecule has 0 aliphatic rings. The van der Waals surface area contributed by atoms with Crippen LogP contribution in [-0.4, -0.2) is 19.1 Å². The fraction of sp³-hybridized carbons (Fsp3) is 0.222. The summed E-state index contributed by atoms with van der Waals surface area (Å²) in [5.74, 6) is 0. The molecule has 0 atom stereocenters. The number of nitrogens with one attached hydrogen (secondary N) is 2. The van der Waals surface area contributed by atoms with E-state index in [0.717, 1.165) is 0 Å². The number of urea groups is 1. The van der Waals surface area contributed by atoms with Gasteiger partial charge in [0.15, 0.2) is 0 Å². The maximum Gasteiger partial charge on any atom is 0.319 e. The Morgan fingerprint density at radius 3 is 2.86 bits per heavy atom. The van der Waals surface area contributed by atoms with E-state index in [1.807, 2.05) is 0 Å². The van der Waals surface area contributed by atoms with Gasteiger partial charge in [-0.2, -0.15) is 0 Å². The van der Waals surface area contributed by atoms with Crippen molar-refractivity contribution in [3.8, 4) is 0 Å². The highest BCUT2D eigenvalue weighted by molar-refractivity contribution is 5.89. The molecule has 5 heteroatoms. The number of hydrogen-bond donors (Lipinski definition) is 4. The van der Waals surface area contributed by atoms with Crippen molar-refractivity contribution in [1.82, 2.24) is 5.32 Å². The maximum atomic E-state index is 11.2. The predicted molar refractivity (Wildman–Crippen MR) is 56.9 cm³/mol. The van der Waals surface area contributed by atoms with Crippen molar-refractivity contribution >= 4 is 17.4 Å². The summed E-state index contributed by atoms with van der Waals surface area (Å²) >= 11 is 0. The highest BCUT2D eigenvalue weighted by atomic mass is 16.2. The van der Waals surface area contributed by atoms with Crippen LogP contribution >= 0.6 is 0 Å². The lowest BCUT2D eigenvalue weighted by atomic mass is 10.3. The topological polar surface area (TPSA) is 93.2 Å². The predicted octanol–water partition coefficient (Wildman–Crippen LogP) is 0.349. The zero-order chi connectivity index (χ0) is 10.4. The Bertz CT molecular complexity index is 313. The SMILES string of the molecule is NCCNC(=O)Nc1cccc(N)c1. The van der Waals surface area contributed by atoms with Gasteiger partial charge in [-0.25, -0.2) is 4.79 Å². The monoisotopic (exact) mass is 194 g/mol. The fourth-order valence-corrected chi connectivity index (χ4v) is 0.977. The normalized spacial score (nSPS) is 9.50. The molecule has 0 spiro atoms. The second-order valence-corrected chi connectivity index (χ2v) is 2.80. The van der Waals surface area contributed by atoms with Crippen molar-refractivity contribution in [3.63, 3.8) is 0 Å². The number of carbonyl (C=O) groups excluding carboxylic acids is 1. The van der Waals surface area contributed by atoms with Crippen LogP contribution in [-0.2, 0) is 0 Å². The minimum absolute atomic E-state index is 0.277. The first-order valence-corrected chi connectivity index (χ1v) is 4.33. The zero-order valence-corrected chi connectivity index (χ0v) is 7.79. The second-order valence-electron chi connectivity index (χ2n) is 2.80. The standard InChI is InChI=1S/C9H14N4O/c10-4-5-12-9(14)13-8-3-1-2-7(11)6-8/h1-3,6H,4-5,10-11H2,(H2,12,13,14). The molecule has 1 aromatic rings. The van der Waals surface area contributed by atoms with E-state index in [9.17, 15) is 4.79 Å². The molecule has 0 aliphatic heterocycles. The fourth-order valence-electron chi connectivity index (χ4n) is 0.977. The van der Waals surface area contributed by atoms with Crippen LogP contribution in [0.3, 0.4) is 0 Å². The van der Waals surface area contributed by atoms with E-state index >= 15 is 0 Å². The van der Waals surface area contributed by atoms with Gasteiger partial charge in [0.05, 0.1) is 0 Å². The van der Waals surface area contributed by atoms with Gasteiger partial charge in [0, 0.05) is 24.5 Å². The highest BCUT2D eigenvalue weighted by Gasteiger charge is 1.99. The smallest absolute Gasteiger partial charge is 0.319 e. The molecule has 0 aliphatic carbocycles. The molecule has 14 heavy (non-hydrogen) atoms. The minimum atomic E-state index is -0.277. The molecule has 5 nitrogen and oxygen atoms in total. The Hall–Kier alpha value is -1.75. The van der Waals surface area contributed by atoms with Gasteiger partial charge >= 0.3 is 6.03 Å². The summed E-state index contributed by atoms with van der Waals surface area (Å²) in [6, 6.07) is 6.69. The van der Waals surface area contributed by atoms with Crippen molar-refractivity contribution < 1.29 is 4.79 Å². The molecule has 6 N–H and O–H groups in total. The third-order valence-corrected chi connectivity index (χ3v) is 1.57. The molecule has 2 amide bonds. The Morgan fingerprint density at radius 1 is 1.43 bits per heavy atom. The van der Waals surface area contributed by atoms with Crippen LogP contribution in [0.5, 0.6) is 0 Å². The number of anilines is 2. The Labute approximate surface area is 82.5 Å². The lowest BCUT2D eigenvalue weighted by molar-refractivity contribution is 0.252. The van der Waals surface area contributed by atoms with Crippen LogP contribution in [0, 0.1) is 0 Å². The second kappa shape index (κ2) is 5.08. The number of hydrogen-bond acceptors (Lipinski definition) is 3. The molecule has 0 heterocycles. The zero-order valence-electron chi connectivity index (χ0n) is 7.79. The molecule has 0 fully saturated rings. The minimum Gasteiger partial charge on any atom is -0.399 e. The van der Waals surface area contributed by atoms with Crippen LogP contribution in [0.4, 0.5) is 16.2 Å². The van der Waals surface area contributed by atoms with E-state index in [1.54, 1.807) is 24.3 Å². The molecule has 0 saturated heterocycles. The molecule has 0 bridgehead atoms. The average Bonchev–Trinajstić information content (AvgIpc) is 2.15. The molecule has 0 saturated carbocycles. The third-order valence-electron chi connectivity index (χ3n) is 1.57. The van der Waals surface area contributed by atoms with E-state index in [4.69, 9.17) is 11.5 Å². The van der Waals surface area contributed by atoms with Crippen LogP contribution < -0.4 is 22.1 Å². The number of nitrogens with two attached hydrogens (primary N) is 2. The van der Waals surface area contributed by atoms with Gasteiger partial charge in [-0.05, 0) is 18.2 Å². The van der Waals surface area contributed by atoms with Crippen molar-refractivity contribution in [1.29, 1.82) is 0 Å². The molecule has 1 aromatic carbocycles. The van der Waals surface area contributed by atoms with Gasteiger partial charge in [-0.1, -0.05) is 6.07 Å². The molecule has 76 valence electrons. The molecular formula is C9H14N4O. The quantitative estimate of drug-likeness (QED) is 0.523. The lowest BCUT2D eigenvalue weighted by Gasteiger charge is -2.06. The number of rotatable bonds is 3. The van der Waals surface area contributed by atoms with Gasteiger partial charge < -0.3 is 22.1 Å². The largest absolute Gasteiger partial charge is 0.399 e. The highest BCUT2D eigenvalue weighted by Crippen LogP contribution is 2.10. The first kappa shape index (κ1) is 10.3. The van der Waals surface area contributed by atoms with Gasteiger partial charge in [-0.3, -0.25) is 0 Å². The van der Waals surface area contributed by atoms with E-state index in [-0.39, 0.29) is 6.03 Å². The first-order chi connectivity index (χ1) is 6.72.